The zero-order chi connectivity index (χ0) is 21.5. The third-order valence-electron chi connectivity index (χ3n) is 3.72. The minimum atomic E-state index is -0.596. The zero-order valence-electron chi connectivity index (χ0n) is 15.8. The third-order valence-corrected chi connectivity index (χ3v) is 4.16. The summed E-state index contributed by atoms with van der Waals surface area (Å²) in [5.74, 6) is -0.00726. The molecule has 0 saturated heterocycles. The van der Waals surface area contributed by atoms with E-state index in [9.17, 15) is 9.59 Å². The van der Waals surface area contributed by atoms with Crippen LogP contribution in [0.3, 0.4) is 0 Å². The van der Waals surface area contributed by atoms with Crippen molar-refractivity contribution in [2.75, 3.05) is 17.2 Å². The molecular weight excluding hydrogens is 429 g/mol. The highest BCUT2D eigenvalue weighted by Crippen LogP contribution is 2.29. The lowest BCUT2D eigenvalue weighted by atomic mass is 10.1. The number of nitrogens with zero attached hydrogens (tertiary/aromatic N) is 1. The third kappa shape index (κ3) is 5.85. The molecule has 154 valence electrons. The number of aromatic nitrogens is 1. The van der Waals surface area contributed by atoms with Crippen LogP contribution in [0.1, 0.15) is 17.3 Å². The molecular formula is C21H17Cl2N3O4. The molecule has 7 nitrogen and oxygen atoms in total. The largest absolute Gasteiger partial charge is 0.462 e. The molecule has 9 heteroatoms. The number of anilines is 2. The molecule has 2 N–H and O–H groups in total. The highest BCUT2D eigenvalue weighted by Gasteiger charge is 2.17. The number of urea groups is 1. The van der Waals surface area contributed by atoms with E-state index < -0.39 is 12.0 Å². The normalized spacial score (nSPS) is 10.2. The fourth-order valence-electron chi connectivity index (χ4n) is 2.50. The molecule has 0 fully saturated rings. The van der Waals surface area contributed by atoms with Crippen molar-refractivity contribution < 1.29 is 19.1 Å². The Morgan fingerprint density at radius 2 is 1.73 bits per heavy atom. The van der Waals surface area contributed by atoms with Gasteiger partial charge >= 0.3 is 12.0 Å². The standard InChI is InChI=1S/C21H17Cl2N3O4/c1-2-29-20(27)18-10-16(26-21(28)25-15-5-3-4-13(22)8-15)6-7-19(18)30-17-9-14(23)11-24-12-17/h3-12H,2H2,1H3,(H2,25,26,28). The van der Waals surface area contributed by atoms with E-state index in [-0.39, 0.29) is 17.9 Å². The van der Waals surface area contributed by atoms with Gasteiger partial charge in [0.1, 0.15) is 17.1 Å². The lowest BCUT2D eigenvalue weighted by Gasteiger charge is -2.13. The molecule has 0 saturated carbocycles. The van der Waals surface area contributed by atoms with Crippen LogP contribution in [0.15, 0.2) is 60.9 Å². The summed E-state index contributed by atoms with van der Waals surface area (Å²) in [7, 11) is 0. The first kappa shape index (κ1) is 21.4. The van der Waals surface area contributed by atoms with Crippen molar-refractivity contribution in [2.45, 2.75) is 6.92 Å². The molecule has 2 amide bonds. The second-order valence-electron chi connectivity index (χ2n) is 5.96. The first-order valence-corrected chi connectivity index (χ1v) is 9.63. The monoisotopic (exact) mass is 445 g/mol. The smallest absolute Gasteiger partial charge is 0.342 e. The SMILES string of the molecule is CCOC(=O)c1cc(NC(=O)Nc2cccc(Cl)c2)ccc1Oc1cncc(Cl)c1. The van der Waals surface area contributed by atoms with Crippen LogP contribution < -0.4 is 15.4 Å². The van der Waals surface area contributed by atoms with E-state index >= 15 is 0 Å². The summed E-state index contributed by atoms with van der Waals surface area (Å²) in [6.07, 6.45) is 2.93. The highest BCUT2D eigenvalue weighted by atomic mass is 35.5. The molecule has 0 aliphatic heterocycles. The van der Waals surface area contributed by atoms with E-state index in [0.29, 0.717) is 27.2 Å². The number of carbonyl (C=O) groups excluding carboxylic acids is 2. The number of esters is 1. The summed E-state index contributed by atoms with van der Waals surface area (Å²) in [6.45, 7) is 1.88. The molecule has 2 aromatic carbocycles. The average Bonchev–Trinajstić information content (AvgIpc) is 2.69. The Morgan fingerprint density at radius 1 is 0.967 bits per heavy atom. The molecule has 1 heterocycles. The maximum absolute atomic E-state index is 12.4. The van der Waals surface area contributed by atoms with Gasteiger partial charge in [-0.1, -0.05) is 29.3 Å². The predicted octanol–water partition coefficient (Wildman–Crippen LogP) is 6.00. The van der Waals surface area contributed by atoms with Gasteiger partial charge in [0.25, 0.3) is 0 Å². The summed E-state index contributed by atoms with van der Waals surface area (Å²) >= 11 is 11.8. The van der Waals surface area contributed by atoms with Crippen molar-refractivity contribution in [2.24, 2.45) is 0 Å². The van der Waals surface area contributed by atoms with E-state index in [2.05, 4.69) is 15.6 Å². The molecule has 0 aliphatic rings. The van der Waals surface area contributed by atoms with Crippen LogP contribution in [0.4, 0.5) is 16.2 Å². The molecule has 0 spiro atoms. The van der Waals surface area contributed by atoms with E-state index in [1.165, 1.54) is 18.5 Å². The van der Waals surface area contributed by atoms with Crippen molar-refractivity contribution >= 4 is 46.6 Å². The van der Waals surface area contributed by atoms with Gasteiger partial charge in [-0.15, -0.1) is 0 Å². The van der Waals surface area contributed by atoms with Crippen LogP contribution in [0, 0.1) is 0 Å². The van der Waals surface area contributed by atoms with Crippen molar-refractivity contribution in [3.63, 3.8) is 0 Å². The van der Waals surface area contributed by atoms with Crippen molar-refractivity contribution in [3.8, 4) is 11.5 Å². The fraction of sp³-hybridized carbons (Fsp3) is 0.0952. The number of benzene rings is 2. The number of halogens is 2. The molecule has 3 aromatic rings. The number of hydrogen-bond acceptors (Lipinski definition) is 5. The van der Waals surface area contributed by atoms with Gasteiger partial charge < -0.3 is 20.1 Å². The van der Waals surface area contributed by atoms with Crippen molar-refractivity contribution in [1.29, 1.82) is 0 Å². The predicted molar refractivity (Wildman–Crippen MR) is 116 cm³/mol. The van der Waals surface area contributed by atoms with Gasteiger partial charge in [0.05, 0.1) is 17.8 Å². The van der Waals surface area contributed by atoms with Crippen molar-refractivity contribution in [3.05, 3.63) is 76.5 Å². The van der Waals surface area contributed by atoms with Crippen LogP contribution in [0.5, 0.6) is 11.5 Å². The number of amides is 2. The molecule has 1 aromatic heterocycles. The zero-order valence-corrected chi connectivity index (χ0v) is 17.3. The van der Waals surface area contributed by atoms with Gasteiger partial charge in [-0.05, 0) is 43.3 Å². The summed E-state index contributed by atoms with van der Waals surface area (Å²) < 4.78 is 10.8. The number of hydrogen-bond donors (Lipinski definition) is 2. The van der Waals surface area contributed by atoms with E-state index in [1.807, 2.05) is 0 Å². The minimum absolute atomic E-state index is 0.136. The van der Waals surface area contributed by atoms with Crippen LogP contribution in [0.25, 0.3) is 0 Å². The lowest BCUT2D eigenvalue weighted by Crippen LogP contribution is -2.19. The minimum Gasteiger partial charge on any atom is -0.462 e. The van der Waals surface area contributed by atoms with E-state index in [0.717, 1.165) is 0 Å². The lowest BCUT2D eigenvalue weighted by molar-refractivity contribution is 0.0523. The molecule has 3 rings (SSSR count). The molecule has 0 bridgehead atoms. The number of pyridine rings is 1. The van der Waals surface area contributed by atoms with Gasteiger partial charge in [0, 0.05) is 28.7 Å². The topological polar surface area (TPSA) is 89.5 Å². The quantitative estimate of drug-likeness (QED) is 0.454. The van der Waals surface area contributed by atoms with Gasteiger partial charge in [-0.3, -0.25) is 4.98 Å². The molecule has 30 heavy (non-hydrogen) atoms. The fourth-order valence-corrected chi connectivity index (χ4v) is 2.85. The Hall–Kier alpha value is -3.29. The van der Waals surface area contributed by atoms with Crippen LogP contribution in [-0.2, 0) is 4.74 Å². The maximum Gasteiger partial charge on any atom is 0.342 e. The number of nitrogens with one attached hydrogen (secondary N) is 2. The van der Waals surface area contributed by atoms with Crippen molar-refractivity contribution in [1.82, 2.24) is 4.98 Å². The van der Waals surface area contributed by atoms with Gasteiger partial charge in [-0.2, -0.15) is 0 Å². The molecule has 0 radical (unpaired) electrons. The first-order valence-electron chi connectivity index (χ1n) is 8.87. The Labute approximate surface area is 182 Å². The Morgan fingerprint density at radius 3 is 2.43 bits per heavy atom. The number of ether oxygens (including phenoxy) is 2. The second kappa shape index (κ2) is 9.96. The highest BCUT2D eigenvalue weighted by molar-refractivity contribution is 6.31. The van der Waals surface area contributed by atoms with E-state index in [1.54, 1.807) is 49.4 Å². The van der Waals surface area contributed by atoms with Crippen LogP contribution in [-0.4, -0.2) is 23.6 Å². The molecule has 0 unspecified atom stereocenters. The van der Waals surface area contributed by atoms with E-state index in [4.69, 9.17) is 32.7 Å². The molecule has 0 aliphatic carbocycles. The maximum atomic E-state index is 12.4. The summed E-state index contributed by atoms with van der Waals surface area (Å²) in [5.41, 5.74) is 1.03. The summed E-state index contributed by atoms with van der Waals surface area (Å²) in [5, 5.41) is 6.20. The Kier molecular flexibility index (Phi) is 7.11. The van der Waals surface area contributed by atoms with Crippen LogP contribution in [0.2, 0.25) is 10.0 Å². The molecule has 0 atom stereocenters. The van der Waals surface area contributed by atoms with Crippen LogP contribution >= 0.6 is 23.2 Å². The Balaban J connectivity index is 1.81. The van der Waals surface area contributed by atoms with Gasteiger partial charge in [0.15, 0.2) is 0 Å². The number of rotatable bonds is 6. The first-order chi connectivity index (χ1) is 14.4. The summed E-state index contributed by atoms with van der Waals surface area (Å²) in [4.78, 5) is 28.6. The average molecular weight is 446 g/mol. The van der Waals surface area contributed by atoms with Gasteiger partial charge in [0.2, 0.25) is 0 Å². The Bertz CT molecular complexity index is 1080. The second-order valence-corrected chi connectivity index (χ2v) is 6.83. The summed E-state index contributed by atoms with van der Waals surface area (Å²) in [6, 6.07) is 12.4. The van der Waals surface area contributed by atoms with Gasteiger partial charge in [-0.25, -0.2) is 9.59 Å². The number of carbonyl (C=O) groups is 2.